The lowest BCUT2D eigenvalue weighted by atomic mass is 10.0. The molecule has 7 nitrogen and oxygen atoms in total. The van der Waals surface area contributed by atoms with E-state index in [-0.39, 0.29) is 22.7 Å². The Labute approximate surface area is 146 Å². The fraction of sp³-hybridized carbons (Fsp3) is 0.500. The number of rotatable bonds is 2. The summed E-state index contributed by atoms with van der Waals surface area (Å²) in [7, 11) is 0. The summed E-state index contributed by atoms with van der Waals surface area (Å²) >= 11 is 0. The van der Waals surface area contributed by atoms with Crippen LogP contribution in [-0.2, 0) is 4.74 Å². The Morgan fingerprint density at radius 2 is 1.92 bits per heavy atom. The molecule has 0 radical (unpaired) electrons. The quantitative estimate of drug-likeness (QED) is 0.606. The Hall–Kier alpha value is -2.57. The van der Waals surface area contributed by atoms with Crippen LogP contribution in [0.2, 0.25) is 0 Å². The smallest absolute Gasteiger partial charge is 0.410 e. The molecule has 2 aromatic rings. The van der Waals surface area contributed by atoms with E-state index in [2.05, 4.69) is 4.57 Å². The number of fused-ring (bicyclic) bond motifs is 1. The maximum atomic E-state index is 12.2. The molecule has 0 spiro atoms. The van der Waals surface area contributed by atoms with Crippen molar-refractivity contribution in [2.24, 2.45) is 0 Å². The zero-order valence-electron chi connectivity index (χ0n) is 14.8. The van der Waals surface area contributed by atoms with E-state index in [0.717, 1.165) is 23.7 Å². The Morgan fingerprint density at radius 3 is 2.52 bits per heavy atom. The Kier molecular flexibility index (Phi) is 4.41. The summed E-state index contributed by atoms with van der Waals surface area (Å²) in [5.74, 6) is 0. The average Bonchev–Trinajstić information content (AvgIpc) is 2.96. The number of carbonyl (C=O) groups excluding carboxylic acids is 1. The van der Waals surface area contributed by atoms with Gasteiger partial charge < -0.3 is 14.2 Å². The number of nitrogens with zero attached hydrogens (tertiary/aromatic N) is 3. The molecular formula is C18H23N3O4. The Bertz CT molecular complexity index is 798. The number of piperidine rings is 1. The zero-order valence-corrected chi connectivity index (χ0v) is 14.8. The molecule has 0 unspecified atom stereocenters. The third-order valence-corrected chi connectivity index (χ3v) is 4.43. The van der Waals surface area contributed by atoms with Gasteiger partial charge in [0.1, 0.15) is 5.60 Å². The van der Waals surface area contributed by atoms with Gasteiger partial charge in [-0.1, -0.05) is 0 Å². The number of hydrogen-bond donors (Lipinski definition) is 0. The molecule has 0 atom stereocenters. The molecule has 2 heterocycles. The highest BCUT2D eigenvalue weighted by atomic mass is 16.6. The van der Waals surface area contributed by atoms with Crippen molar-refractivity contribution in [3.05, 3.63) is 40.6 Å². The van der Waals surface area contributed by atoms with Crippen LogP contribution in [0.3, 0.4) is 0 Å². The minimum atomic E-state index is -0.497. The molecule has 0 saturated carbocycles. The van der Waals surface area contributed by atoms with Crippen LogP contribution in [0.1, 0.15) is 39.7 Å². The van der Waals surface area contributed by atoms with Crippen molar-refractivity contribution in [2.75, 3.05) is 13.1 Å². The summed E-state index contributed by atoms with van der Waals surface area (Å²) in [5, 5.41) is 12.0. The molecule has 0 bridgehead atoms. The number of benzene rings is 1. The molecule has 1 saturated heterocycles. The van der Waals surface area contributed by atoms with Crippen LogP contribution >= 0.6 is 0 Å². The van der Waals surface area contributed by atoms with E-state index in [1.807, 2.05) is 33.0 Å². The lowest BCUT2D eigenvalue weighted by molar-refractivity contribution is -0.384. The van der Waals surface area contributed by atoms with E-state index in [1.54, 1.807) is 17.0 Å². The van der Waals surface area contributed by atoms with Crippen LogP contribution in [0, 0.1) is 10.1 Å². The summed E-state index contributed by atoms with van der Waals surface area (Å²) in [6.45, 7) is 6.81. The van der Waals surface area contributed by atoms with E-state index in [0.29, 0.717) is 13.1 Å². The number of hydrogen-bond acceptors (Lipinski definition) is 4. The van der Waals surface area contributed by atoms with Gasteiger partial charge in [-0.2, -0.15) is 0 Å². The zero-order chi connectivity index (χ0) is 18.2. The number of nitro groups is 1. The number of aromatic nitrogens is 1. The molecule has 7 heteroatoms. The van der Waals surface area contributed by atoms with Crippen molar-refractivity contribution in [3.8, 4) is 0 Å². The highest BCUT2D eigenvalue weighted by Gasteiger charge is 2.28. The van der Waals surface area contributed by atoms with Crippen molar-refractivity contribution < 1.29 is 14.5 Å². The highest BCUT2D eigenvalue weighted by Crippen LogP contribution is 2.30. The van der Waals surface area contributed by atoms with Crippen LogP contribution in [0.4, 0.5) is 10.5 Å². The Balaban J connectivity index is 1.73. The standard InChI is InChI=1S/C18H23N3O4/c1-18(2,3)25-17(22)19-9-7-14(8-10-19)20-11-6-13-4-5-15(21(23)24)12-16(13)20/h4-6,11-12,14H,7-10H2,1-3H3. The molecular weight excluding hydrogens is 322 g/mol. The molecule has 1 amide bonds. The molecule has 25 heavy (non-hydrogen) atoms. The third-order valence-electron chi connectivity index (χ3n) is 4.43. The summed E-state index contributed by atoms with van der Waals surface area (Å²) in [4.78, 5) is 24.5. The van der Waals surface area contributed by atoms with Gasteiger partial charge >= 0.3 is 6.09 Å². The lowest BCUT2D eigenvalue weighted by Crippen LogP contribution is -2.42. The van der Waals surface area contributed by atoms with E-state index in [1.165, 1.54) is 6.07 Å². The van der Waals surface area contributed by atoms with Gasteiger partial charge in [-0.3, -0.25) is 10.1 Å². The number of ether oxygens (including phenoxy) is 1. The van der Waals surface area contributed by atoms with Crippen molar-refractivity contribution in [1.29, 1.82) is 0 Å². The second kappa shape index (κ2) is 6.38. The normalized spacial score (nSPS) is 16.2. The van der Waals surface area contributed by atoms with Crippen molar-refractivity contribution in [3.63, 3.8) is 0 Å². The van der Waals surface area contributed by atoms with E-state index >= 15 is 0 Å². The van der Waals surface area contributed by atoms with E-state index < -0.39 is 5.60 Å². The highest BCUT2D eigenvalue weighted by molar-refractivity contribution is 5.82. The van der Waals surface area contributed by atoms with E-state index in [4.69, 9.17) is 4.74 Å². The molecule has 3 rings (SSSR count). The number of nitro benzene ring substituents is 1. The van der Waals surface area contributed by atoms with Gasteiger partial charge in [0.25, 0.3) is 5.69 Å². The molecule has 1 aliphatic rings. The van der Waals surface area contributed by atoms with Crippen LogP contribution in [0.15, 0.2) is 30.5 Å². The van der Waals surface area contributed by atoms with Crippen molar-refractivity contribution >= 4 is 22.7 Å². The lowest BCUT2D eigenvalue weighted by Gasteiger charge is -2.34. The first kappa shape index (κ1) is 17.3. The fourth-order valence-electron chi connectivity index (χ4n) is 3.22. The molecule has 1 aliphatic heterocycles. The summed E-state index contributed by atoms with van der Waals surface area (Å²) in [5.41, 5.74) is 0.465. The molecule has 1 aromatic heterocycles. The third kappa shape index (κ3) is 3.75. The first-order valence-electron chi connectivity index (χ1n) is 8.47. The summed E-state index contributed by atoms with van der Waals surface area (Å²) < 4.78 is 7.51. The van der Waals surface area contributed by atoms with Crippen LogP contribution < -0.4 is 0 Å². The van der Waals surface area contributed by atoms with Crippen molar-refractivity contribution in [1.82, 2.24) is 9.47 Å². The van der Waals surface area contributed by atoms with Gasteiger partial charge in [0.15, 0.2) is 0 Å². The summed E-state index contributed by atoms with van der Waals surface area (Å²) in [6, 6.07) is 7.12. The topological polar surface area (TPSA) is 77.6 Å². The van der Waals surface area contributed by atoms with Gasteiger partial charge in [-0.05, 0) is 45.7 Å². The maximum Gasteiger partial charge on any atom is 0.410 e. The van der Waals surface area contributed by atoms with Crippen molar-refractivity contribution in [2.45, 2.75) is 45.3 Å². The van der Waals surface area contributed by atoms with Crippen LogP contribution in [-0.4, -0.2) is 39.2 Å². The first-order chi connectivity index (χ1) is 11.7. The number of likely N-dealkylation sites (tertiary alicyclic amines) is 1. The number of amides is 1. The van der Waals surface area contributed by atoms with E-state index in [9.17, 15) is 14.9 Å². The minimum absolute atomic E-state index is 0.0960. The van der Waals surface area contributed by atoms with Gasteiger partial charge in [-0.25, -0.2) is 4.79 Å². The first-order valence-corrected chi connectivity index (χ1v) is 8.47. The van der Waals surface area contributed by atoms with Crippen LogP contribution in [0.25, 0.3) is 10.9 Å². The predicted octanol–water partition coefficient (Wildman–Crippen LogP) is 4.12. The van der Waals surface area contributed by atoms with Crippen LogP contribution in [0.5, 0.6) is 0 Å². The average molecular weight is 345 g/mol. The monoisotopic (exact) mass is 345 g/mol. The molecule has 0 N–H and O–H groups in total. The molecule has 0 aliphatic carbocycles. The molecule has 134 valence electrons. The van der Waals surface area contributed by atoms with Gasteiger partial charge in [0, 0.05) is 42.8 Å². The molecule has 1 fully saturated rings. The predicted molar refractivity (Wildman–Crippen MR) is 94.7 cm³/mol. The minimum Gasteiger partial charge on any atom is -0.444 e. The molecule has 1 aromatic carbocycles. The number of carbonyl (C=O) groups is 1. The number of non-ortho nitro benzene ring substituents is 1. The SMILES string of the molecule is CC(C)(C)OC(=O)N1CCC(n2ccc3ccc([N+](=O)[O-])cc32)CC1. The second-order valence-electron chi connectivity index (χ2n) is 7.42. The summed E-state index contributed by atoms with van der Waals surface area (Å²) in [6.07, 6.45) is 3.29. The largest absolute Gasteiger partial charge is 0.444 e. The van der Waals surface area contributed by atoms with Gasteiger partial charge in [-0.15, -0.1) is 0 Å². The van der Waals surface area contributed by atoms with Gasteiger partial charge in [0.05, 0.1) is 10.4 Å². The Morgan fingerprint density at radius 1 is 1.24 bits per heavy atom. The fourth-order valence-corrected chi connectivity index (χ4v) is 3.22. The second-order valence-corrected chi connectivity index (χ2v) is 7.42. The van der Waals surface area contributed by atoms with Gasteiger partial charge in [0.2, 0.25) is 0 Å². The maximum absolute atomic E-state index is 12.2.